The van der Waals surface area contributed by atoms with Gasteiger partial charge in [0, 0.05) is 73.6 Å². The topological polar surface area (TPSA) is 181 Å². The lowest BCUT2D eigenvalue weighted by Gasteiger charge is -2.25. The van der Waals surface area contributed by atoms with E-state index in [9.17, 15) is 19.8 Å². The number of pyridine rings is 2. The number of hydrogen-bond donors (Lipinski definition) is 2. The van der Waals surface area contributed by atoms with Crippen molar-refractivity contribution < 1.29 is 57.7 Å². The number of aromatic hydroxyl groups is 2. The highest BCUT2D eigenvalue weighted by atomic mass is 16.5. The molecule has 5 rings (SSSR count). The standard InChI is InChI=1S/C46H64N4O12/c1-45(2,43(53)55-5)31-61-29-35-25-33(41(51)39-37(35)9-7-11-47-39)27-49-13-17-57-21-23-59-19-15-50(16-20-60-24-22-58-18-14-49)28-34-26-36(30-62-32-46(3,4)44(54)56-6)38-10-8-12-48-40(38)42(34)52/h7-12,25-26,51-52H,13-24,27-32H2,1-6H3. The summed E-state index contributed by atoms with van der Waals surface area (Å²) < 4.78 is 45.9. The molecule has 0 saturated carbocycles. The van der Waals surface area contributed by atoms with Crippen LogP contribution in [-0.2, 0) is 73.8 Å². The summed E-state index contributed by atoms with van der Waals surface area (Å²) in [4.78, 5) is 37.7. The summed E-state index contributed by atoms with van der Waals surface area (Å²) in [6, 6.07) is 11.3. The number of methoxy groups -OCH3 is 2. The number of carbonyl (C=O) groups excluding carboxylic acids is 2. The highest BCUT2D eigenvalue weighted by Gasteiger charge is 2.30. The van der Waals surface area contributed by atoms with Gasteiger partial charge in [-0.2, -0.15) is 0 Å². The summed E-state index contributed by atoms with van der Waals surface area (Å²) in [5.74, 6) is -0.492. The number of ether oxygens (including phenoxy) is 8. The van der Waals surface area contributed by atoms with Gasteiger partial charge in [0.05, 0.1) is 104 Å². The molecule has 1 saturated heterocycles. The van der Waals surface area contributed by atoms with Crippen molar-refractivity contribution in [2.24, 2.45) is 10.8 Å². The molecule has 1 aliphatic heterocycles. The third kappa shape index (κ3) is 13.7. The van der Waals surface area contributed by atoms with Crippen LogP contribution in [0.2, 0.25) is 0 Å². The Balaban J connectivity index is 1.18. The summed E-state index contributed by atoms with van der Waals surface area (Å²) in [6.07, 6.45) is 3.30. The van der Waals surface area contributed by atoms with Crippen LogP contribution >= 0.6 is 0 Å². The number of nitrogens with zero attached hydrogens (tertiary/aromatic N) is 4. The van der Waals surface area contributed by atoms with Crippen molar-refractivity contribution in [1.29, 1.82) is 0 Å². The zero-order valence-corrected chi connectivity index (χ0v) is 37.1. The van der Waals surface area contributed by atoms with Crippen LogP contribution in [0.15, 0.2) is 48.8 Å². The highest BCUT2D eigenvalue weighted by molar-refractivity contribution is 5.89. The number of esters is 2. The van der Waals surface area contributed by atoms with E-state index in [2.05, 4.69) is 19.8 Å². The summed E-state index contributed by atoms with van der Waals surface area (Å²) >= 11 is 0. The van der Waals surface area contributed by atoms with Crippen molar-refractivity contribution in [3.63, 3.8) is 0 Å². The van der Waals surface area contributed by atoms with Gasteiger partial charge in [-0.05, 0) is 63.1 Å². The van der Waals surface area contributed by atoms with E-state index in [0.717, 1.165) is 21.9 Å². The Hall–Kier alpha value is -4.52. The fraction of sp³-hybridized carbons (Fsp3) is 0.565. The third-order valence-electron chi connectivity index (χ3n) is 10.7. The van der Waals surface area contributed by atoms with Crippen molar-refractivity contribution in [2.45, 2.75) is 54.0 Å². The summed E-state index contributed by atoms with van der Waals surface area (Å²) in [5, 5.41) is 24.3. The van der Waals surface area contributed by atoms with Crippen LogP contribution < -0.4 is 0 Å². The number of rotatable bonds is 14. The van der Waals surface area contributed by atoms with E-state index in [-0.39, 0.29) is 49.9 Å². The molecule has 1 fully saturated rings. The normalized spacial score (nSPS) is 16.5. The molecule has 16 nitrogen and oxygen atoms in total. The van der Waals surface area contributed by atoms with Gasteiger partial charge >= 0.3 is 11.9 Å². The molecule has 16 heteroatoms. The predicted octanol–water partition coefficient (Wildman–Crippen LogP) is 5.01. The van der Waals surface area contributed by atoms with Crippen LogP contribution in [0.5, 0.6) is 11.5 Å². The van der Waals surface area contributed by atoms with Gasteiger partial charge in [0.1, 0.15) is 22.5 Å². The second-order valence-corrected chi connectivity index (χ2v) is 16.6. The van der Waals surface area contributed by atoms with Crippen LogP contribution in [0.25, 0.3) is 21.8 Å². The lowest BCUT2D eigenvalue weighted by Crippen LogP contribution is -2.33. The Labute approximate surface area is 364 Å². The maximum Gasteiger partial charge on any atom is 0.313 e. The molecule has 0 unspecified atom stereocenters. The van der Waals surface area contributed by atoms with Gasteiger partial charge in [-0.3, -0.25) is 29.4 Å². The first-order chi connectivity index (χ1) is 29.8. The Morgan fingerprint density at radius 3 is 1.29 bits per heavy atom. The third-order valence-corrected chi connectivity index (χ3v) is 10.7. The molecular formula is C46H64N4O12. The Bertz CT molecular complexity index is 1900. The highest BCUT2D eigenvalue weighted by Crippen LogP contribution is 2.34. The molecule has 0 bridgehead atoms. The average Bonchev–Trinajstić information content (AvgIpc) is 3.26. The molecule has 0 radical (unpaired) electrons. The first-order valence-electron chi connectivity index (χ1n) is 21.1. The number of hydrogen-bond acceptors (Lipinski definition) is 16. The number of phenolic OH excluding ortho intramolecular Hbond substituents is 2. The van der Waals surface area contributed by atoms with Crippen molar-refractivity contribution >= 4 is 33.7 Å². The average molecular weight is 865 g/mol. The molecular weight excluding hydrogens is 801 g/mol. The molecule has 340 valence electrons. The quantitative estimate of drug-likeness (QED) is 0.161. The van der Waals surface area contributed by atoms with Crippen molar-refractivity contribution in [2.75, 3.05) is 106 Å². The molecule has 4 aromatic rings. The van der Waals surface area contributed by atoms with E-state index in [1.807, 2.05) is 36.4 Å². The summed E-state index contributed by atoms with van der Waals surface area (Å²) in [7, 11) is 2.73. The van der Waals surface area contributed by atoms with E-state index in [0.29, 0.717) is 114 Å². The lowest BCUT2D eigenvalue weighted by molar-refractivity contribution is -0.155. The molecule has 3 heterocycles. The van der Waals surface area contributed by atoms with Crippen LogP contribution in [0.4, 0.5) is 0 Å². The minimum absolute atomic E-state index is 0.106. The molecule has 1 aliphatic rings. The second-order valence-electron chi connectivity index (χ2n) is 16.6. The summed E-state index contributed by atoms with van der Waals surface area (Å²) in [5.41, 5.74) is 2.42. The van der Waals surface area contributed by atoms with Gasteiger partial charge in [0.2, 0.25) is 0 Å². The largest absolute Gasteiger partial charge is 0.505 e. The molecule has 0 amide bonds. The fourth-order valence-electron chi connectivity index (χ4n) is 7.15. The van der Waals surface area contributed by atoms with Crippen LogP contribution in [0, 0.1) is 10.8 Å². The molecule has 0 aliphatic carbocycles. The Morgan fingerprint density at radius 1 is 0.597 bits per heavy atom. The minimum atomic E-state index is -0.815. The first-order valence-corrected chi connectivity index (χ1v) is 21.1. The van der Waals surface area contributed by atoms with E-state index in [4.69, 9.17) is 37.9 Å². The first kappa shape index (κ1) is 48.5. The van der Waals surface area contributed by atoms with Crippen LogP contribution in [0.3, 0.4) is 0 Å². The predicted molar refractivity (Wildman–Crippen MR) is 232 cm³/mol. The monoisotopic (exact) mass is 864 g/mol. The zero-order valence-electron chi connectivity index (χ0n) is 37.1. The number of aromatic nitrogens is 2. The SMILES string of the molecule is COC(=O)C(C)(C)COCc1cc(CN2CCOCCOCCN(Cc3cc(COCC(C)(C)C(=O)OC)c4cccnc4c3O)CCOCCOCC2)c(O)c2ncccc12. The van der Waals surface area contributed by atoms with Crippen molar-refractivity contribution in [3.8, 4) is 11.5 Å². The smallest absolute Gasteiger partial charge is 0.313 e. The second kappa shape index (κ2) is 23.8. The number of fused-ring (bicyclic) bond motifs is 2. The number of carbonyl (C=O) groups is 2. The van der Waals surface area contributed by atoms with Gasteiger partial charge in [-0.15, -0.1) is 0 Å². The molecule has 62 heavy (non-hydrogen) atoms. The van der Waals surface area contributed by atoms with E-state index in [1.54, 1.807) is 40.1 Å². The van der Waals surface area contributed by atoms with Gasteiger partial charge in [-0.25, -0.2) is 0 Å². The minimum Gasteiger partial charge on any atom is -0.505 e. The van der Waals surface area contributed by atoms with Crippen LogP contribution in [-0.4, -0.2) is 148 Å². The molecule has 2 aromatic carbocycles. The van der Waals surface area contributed by atoms with E-state index >= 15 is 0 Å². The molecule has 0 atom stereocenters. The summed E-state index contributed by atoms with van der Waals surface area (Å²) in [6.45, 7) is 14.3. The number of benzene rings is 2. The molecule has 2 N–H and O–H groups in total. The van der Waals surface area contributed by atoms with E-state index < -0.39 is 10.8 Å². The zero-order chi connectivity index (χ0) is 44.5. The van der Waals surface area contributed by atoms with Crippen LogP contribution in [0.1, 0.15) is 49.9 Å². The van der Waals surface area contributed by atoms with Crippen molar-refractivity contribution in [1.82, 2.24) is 19.8 Å². The Morgan fingerprint density at radius 2 is 0.952 bits per heavy atom. The lowest BCUT2D eigenvalue weighted by atomic mass is 9.95. The molecule has 2 aromatic heterocycles. The maximum absolute atomic E-state index is 12.2. The van der Waals surface area contributed by atoms with Crippen molar-refractivity contribution in [3.05, 3.63) is 71.0 Å². The fourth-order valence-corrected chi connectivity index (χ4v) is 7.15. The number of phenols is 2. The van der Waals surface area contributed by atoms with Gasteiger partial charge < -0.3 is 48.1 Å². The Kier molecular flexibility index (Phi) is 18.6. The van der Waals surface area contributed by atoms with E-state index in [1.165, 1.54) is 14.2 Å². The maximum atomic E-state index is 12.2. The van der Waals surface area contributed by atoms with Gasteiger partial charge in [-0.1, -0.05) is 12.1 Å². The van der Waals surface area contributed by atoms with Gasteiger partial charge in [0.25, 0.3) is 0 Å². The molecule has 0 spiro atoms. The van der Waals surface area contributed by atoms with Gasteiger partial charge in [0.15, 0.2) is 0 Å².